The number of nitrogens with one attached hydrogen (secondary N) is 1. The molecule has 1 N–H and O–H groups in total. The number of hydrogen-bond acceptors (Lipinski definition) is 3. The van der Waals surface area contributed by atoms with Crippen LogP contribution in [0.25, 0.3) is 0 Å². The lowest BCUT2D eigenvalue weighted by Gasteiger charge is -2.34. The molecule has 2 atom stereocenters. The summed E-state index contributed by atoms with van der Waals surface area (Å²) in [7, 11) is 0. The van der Waals surface area contributed by atoms with Crippen molar-refractivity contribution in [1.29, 1.82) is 0 Å². The van der Waals surface area contributed by atoms with Crippen LogP contribution in [-0.2, 0) is 4.79 Å². The number of dihydropyridines is 1. The number of Topliss-reactive ketones (excluding diaryl/α,β-unsaturated/α-hetero) is 1. The Bertz CT molecular complexity index is 660. The van der Waals surface area contributed by atoms with Gasteiger partial charge in [-0.05, 0) is 25.0 Å². The molecule has 3 nitrogen and oxygen atoms in total. The molecule has 9 heteroatoms. The molecule has 0 bridgehead atoms. The van der Waals surface area contributed by atoms with Gasteiger partial charge in [0.05, 0.1) is 18.5 Å². The summed E-state index contributed by atoms with van der Waals surface area (Å²) >= 11 is 0. The number of alkyl halides is 6. The van der Waals surface area contributed by atoms with Crippen molar-refractivity contribution in [1.82, 2.24) is 5.32 Å². The van der Waals surface area contributed by atoms with Crippen LogP contribution in [-0.4, -0.2) is 43.0 Å². The maximum atomic E-state index is 13.3. The first-order chi connectivity index (χ1) is 13.1. The Hall–Kier alpha value is -1.64. The van der Waals surface area contributed by atoms with Crippen molar-refractivity contribution < 1.29 is 31.1 Å². The number of rotatable bonds is 8. The summed E-state index contributed by atoms with van der Waals surface area (Å²) in [6.45, 7) is 2.39. The first-order valence-electron chi connectivity index (χ1n) is 9.38. The van der Waals surface area contributed by atoms with Crippen LogP contribution in [0.5, 0.6) is 0 Å². The number of nitrogens with zero attached hydrogens (tertiary/aromatic N) is 1. The van der Waals surface area contributed by atoms with Gasteiger partial charge in [-0.15, -0.1) is 0 Å². The standard InChI is InChI=1S/C19H24F6N2O/c1-2-3-4-5-9-26-11-15(28)13-10-16(19(23,24)25)27-17-12(13)7-6-8-14(17)18(20,21)22/h6,8,14,17,26H,2-5,7,9-11H2,1H3. The van der Waals surface area contributed by atoms with Crippen molar-refractivity contribution >= 4 is 11.5 Å². The SMILES string of the molecule is CCCCCCNCC(=O)C1=C2CC=CC(C(F)(F)F)C2N=C(C(F)(F)F)C1. The van der Waals surface area contributed by atoms with E-state index in [4.69, 9.17) is 0 Å². The van der Waals surface area contributed by atoms with E-state index in [0.717, 1.165) is 31.8 Å². The largest absolute Gasteiger partial charge is 0.429 e. The molecule has 1 heterocycles. The van der Waals surface area contributed by atoms with Gasteiger partial charge in [0.1, 0.15) is 5.71 Å². The summed E-state index contributed by atoms with van der Waals surface area (Å²) in [5, 5.41) is 2.89. The van der Waals surface area contributed by atoms with E-state index in [1.165, 1.54) is 6.08 Å². The lowest BCUT2D eigenvalue weighted by Crippen LogP contribution is -2.41. The molecule has 0 saturated heterocycles. The maximum Gasteiger partial charge on any atom is 0.429 e. The predicted octanol–water partition coefficient (Wildman–Crippen LogP) is 4.94. The van der Waals surface area contributed by atoms with E-state index in [1.807, 2.05) is 0 Å². The number of fused-ring (bicyclic) bond motifs is 1. The molecule has 2 unspecified atom stereocenters. The van der Waals surface area contributed by atoms with Crippen LogP contribution in [0.2, 0.25) is 0 Å². The predicted molar refractivity (Wildman–Crippen MR) is 94.2 cm³/mol. The highest BCUT2D eigenvalue weighted by atomic mass is 19.4. The van der Waals surface area contributed by atoms with E-state index in [-0.39, 0.29) is 24.1 Å². The van der Waals surface area contributed by atoms with Crippen molar-refractivity contribution in [2.75, 3.05) is 13.1 Å². The zero-order valence-electron chi connectivity index (χ0n) is 15.6. The van der Waals surface area contributed by atoms with Crippen LogP contribution in [0.3, 0.4) is 0 Å². The van der Waals surface area contributed by atoms with E-state index in [2.05, 4.69) is 17.2 Å². The zero-order chi connectivity index (χ0) is 20.9. The molecule has 2 aliphatic rings. The minimum Gasteiger partial charge on any atom is -0.310 e. The maximum absolute atomic E-state index is 13.3. The number of unbranched alkanes of at least 4 members (excludes halogenated alkanes) is 3. The first-order valence-corrected chi connectivity index (χ1v) is 9.38. The van der Waals surface area contributed by atoms with Crippen molar-refractivity contribution in [2.45, 2.75) is 63.8 Å². The van der Waals surface area contributed by atoms with Crippen molar-refractivity contribution in [3.63, 3.8) is 0 Å². The quantitative estimate of drug-likeness (QED) is 0.350. The number of carbonyl (C=O) groups excluding carboxylic acids is 1. The van der Waals surface area contributed by atoms with Gasteiger partial charge in [-0.3, -0.25) is 9.79 Å². The van der Waals surface area contributed by atoms with Crippen LogP contribution in [0, 0.1) is 5.92 Å². The van der Waals surface area contributed by atoms with Gasteiger partial charge in [0.25, 0.3) is 0 Å². The van der Waals surface area contributed by atoms with E-state index in [9.17, 15) is 31.1 Å². The number of aliphatic imine (C=N–C) groups is 1. The number of allylic oxidation sites excluding steroid dienone is 1. The molecule has 0 saturated carbocycles. The average Bonchev–Trinajstić information content (AvgIpc) is 2.61. The lowest BCUT2D eigenvalue weighted by molar-refractivity contribution is -0.164. The van der Waals surface area contributed by atoms with Crippen molar-refractivity contribution in [3.8, 4) is 0 Å². The van der Waals surface area contributed by atoms with Gasteiger partial charge >= 0.3 is 12.4 Å². The van der Waals surface area contributed by atoms with Crippen LogP contribution in [0.1, 0.15) is 45.4 Å². The molecular formula is C19H24F6N2O. The van der Waals surface area contributed by atoms with Crippen molar-refractivity contribution in [2.24, 2.45) is 10.9 Å². The van der Waals surface area contributed by atoms with Gasteiger partial charge in [0, 0.05) is 12.0 Å². The van der Waals surface area contributed by atoms with Gasteiger partial charge in [0.15, 0.2) is 5.78 Å². The normalized spacial score (nSPS) is 22.9. The molecule has 0 aromatic carbocycles. The third kappa shape index (κ3) is 5.68. The fraction of sp³-hybridized carbons (Fsp3) is 0.684. The average molecular weight is 410 g/mol. The Morgan fingerprint density at radius 1 is 1.18 bits per heavy atom. The van der Waals surface area contributed by atoms with Gasteiger partial charge in [-0.2, -0.15) is 26.3 Å². The van der Waals surface area contributed by atoms with E-state index >= 15 is 0 Å². The fourth-order valence-electron chi connectivity index (χ4n) is 3.46. The smallest absolute Gasteiger partial charge is 0.310 e. The molecule has 158 valence electrons. The molecule has 2 rings (SSSR count). The molecule has 0 radical (unpaired) electrons. The molecule has 0 aromatic rings. The topological polar surface area (TPSA) is 41.5 Å². The zero-order valence-corrected chi connectivity index (χ0v) is 15.6. The molecule has 28 heavy (non-hydrogen) atoms. The van der Waals surface area contributed by atoms with Crippen LogP contribution < -0.4 is 5.32 Å². The van der Waals surface area contributed by atoms with Crippen LogP contribution in [0.4, 0.5) is 26.3 Å². The van der Waals surface area contributed by atoms with Gasteiger partial charge in [-0.25, -0.2) is 0 Å². The Balaban J connectivity index is 2.20. The number of halogens is 6. The lowest BCUT2D eigenvalue weighted by atomic mass is 9.79. The summed E-state index contributed by atoms with van der Waals surface area (Å²) in [6.07, 6.45) is -4.41. The van der Waals surface area contributed by atoms with E-state index < -0.39 is 42.2 Å². The molecule has 0 fully saturated rings. The number of hydrogen-bond donors (Lipinski definition) is 1. The minimum absolute atomic E-state index is 0.00343. The summed E-state index contributed by atoms with van der Waals surface area (Å²) in [6, 6.07) is -1.72. The van der Waals surface area contributed by atoms with Crippen LogP contribution >= 0.6 is 0 Å². The number of carbonyl (C=O) groups is 1. The fourth-order valence-corrected chi connectivity index (χ4v) is 3.46. The molecular weight excluding hydrogens is 386 g/mol. The molecule has 0 aromatic heterocycles. The minimum atomic E-state index is -4.87. The number of ketones is 1. The Morgan fingerprint density at radius 3 is 2.50 bits per heavy atom. The monoisotopic (exact) mass is 410 g/mol. The highest BCUT2D eigenvalue weighted by molar-refractivity contribution is 6.06. The Labute approximate surface area is 160 Å². The third-order valence-corrected chi connectivity index (χ3v) is 4.94. The van der Waals surface area contributed by atoms with Crippen molar-refractivity contribution in [3.05, 3.63) is 23.3 Å². The molecule has 0 amide bonds. The summed E-state index contributed by atoms with van der Waals surface area (Å²) in [4.78, 5) is 15.9. The summed E-state index contributed by atoms with van der Waals surface area (Å²) in [5.41, 5.74) is -1.46. The summed E-state index contributed by atoms with van der Waals surface area (Å²) < 4.78 is 79.5. The van der Waals surface area contributed by atoms with Gasteiger partial charge < -0.3 is 5.32 Å². The van der Waals surface area contributed by atoms with Gasteiger partial charge in [-0.1, -0.05) is 38.3 Å². The Morgan fingerprint density at radius 2 is 1.89 bits per heavy atom. The van der Waals surface area contributed by atoms with Gasteiger partial charge in [0.2, 0.25) is 0 Å². The van der Waals surface area contributed by atoms with E-state index in [0.29, 0.717) is 6.54 Å². The first kappa shape index (κ1) is 22.6. The van der Waals surface area contributed by atoms with Crippen LogP contribution in [0.15, 0.2) is 28.3 Å². The molecule has 1 aliphatic carbocycles. The second-order valence-corrected chi connectivity index (χ2v) is 7.06. The second kappa shape index (κ2) is 9.24. The molecule has 1 aliphatic heterocycles. The Kier molecular flexibility index (Phi) is 7.47. The van der Waals surface area contributed by atoms with E-state index in [1.54, 1.807) is 0 Å². The molecule has 0 spiro atoms. The highest BCUT2D eigenvalue weighted by Gasteiger charge is 2.50. The highest BCUT2D eigenvalue weighted by Crippen LogP contribution is 2.43. The summed E-state index contributed by atoms with van der Waals surface area (Å²) in [5.74, 6) is -2.75. The third-order valence-electron chi connectivity index (χ3n) is 4.94. The second-order valence-electron chi connectivity index (χ2n) is 7.06.